The lowest BCUT2D eigenvalue weighted by Gasteiger charge is -2.23. The van der Waals surface area contributed by atoms with Crippen LogP contribution in [-0.4, -0.2) is 31.2 Å². The smallest absolute Gasteiger partial charge is 0.243 e. The number of fused-ring (bicyclic) bond motifs is 1. The van der Waals surface area contributed by atoms with E-state index in [1.54, 1.807) is 41.3 Å². The lowest BCUT2D eigenvalue weighted by molar-refractivity contribution is -0.116. The van der Waals surface area contributed by atoms with E-state index in [-0.39, 0.29) is 23.4 Å². The molecule has 142 valence electrons. The second-order valence-electron chi connectivity index (χ2n) is 7.08. The highest BCUT2D eigenvalue weighted by Crippen LogP contribution is 2.36. The van der Waals surface area contributed by atoms with E-state index >= 15 is 0 Å². The van der Waals surface area contributed by atoms with E-state index in [9.17, 15) is 17.6 Å². The van der Waals surface area contributed by atoms with E-state index in [1.165, 1.54) is 17.3 Å². The fraction of sp³-hybridized carbons (Fsp3) is 0.350. The van der Waals surface area contributed by atoms with Crippen LogP contribution in [0.4, 0.5) is 10.1 Å². The quantitative estimate of drug-likeness (QED) is 0.791. The summed E-state index contributed by atoms with van der Waals surface area (Å²) >= 11 is 0. The SMILES string of the molecule is CC(=O)N1CCc2cc(S(=O)(=O)N(Cc3ccccc3F)C3CC3)ccc21. The van der Waals surface area contributed by atoms with Crippen molar-refractivity contribution in [3.8, 4) is 0 Å². The molecule has 0 radical (unpaired) electrons. The molecule has 0 N–H and O–H groups in total. The fourth-order valence-electron chi connectivity index (χ4n) is 3.57. The van der Waals surface area contributed by atoms with E-state index in [2.05, 4.69) is 0 Å². The van der Waals surface area contributed by atoms with Crippen LogP contribution in [0.2, 0.25) is 0 Å². The number of anilines is 1. The van der Waals surface area contributed by atoms with Crippen molar-refractivity contribution < 1.29 is 17.6 Å². The summed E-state index contributed by atoms with van der Waals surface area (Å²) in [5, 5.41) is 0. The molecule has 5 nitrogen and oxygen atoms in total. The topological polar surface area (TPSA) is 57.7 Å². The number of carbonyl (C=O) groups excluding carboxylic acids is 1. The summed E-state index contributed by atoms with van der Waals surface area (Å²) in [7, 11) is -3.75. The van der Waals surface area contributed by atoms with Crippen LogP contribution in [0, 0.1) is 5.82 Å². The third kappa shape index (κ3) is 3.37. The molecule has 2 aromatic rings. The van der Waals surface area contributed by atoms with Gasteiger partial charge < -0.3 is 4.90 Å². The Bertz CT molecular complexity index is 1000. The van der Waals surface area contributed by atoms with Gasteiger partial charge in [0.1, 0.15) is 5.82 Å². The molecule has 2 aromatic carbocycles. The Kier molecular flexibility index (Phi) is 4.52. The number of benzene rings is 2. The molecule has 1 heterocycles. The maximum atomic E-state index is 14.1. The van der Waals surface area contributed by atoms with E-state index in [4.69, 9.17) is 0 Å². The zero-order chi connectivity index (χ0) is 19.2. The summed E-state index contributed by atoms with van der Waals surface area (Å²) in [6.07, 6.45) is 2.21. The number of amides is 1. The van der Waals surface area contributed by atoms with Gasteiger partial charge in [-0.3, -0.25) is 4.79 Å². The molecule has 0 aromatic heterocycles. The Balaban J connectivity index is 1.67. The lowest BCUT2D eigenvalue weighted by atomic mass is 10.2. The molecule has 0 atom stereocenters. The van der Waals surface area contributed by atoms with Gasteiger partial charge in [0, 0.05) is 37.3 Å². The normalized spacial score (nSPS) is 16.6. The van der Waals surface area contributed by atoms with Crippen LogP contribution >= 0.6 is 0 Å². The van der Waals surface area contributed by atoms with Crippen molar-refractivity contribution in [2.45, 2.75) is 43.7 Å². The highest BCUT2D eigenvalue weighted by Gasteiger charge is 2.39. The van der Waals surface area contributed by atoms with Crippen LogP contribution in [0.25, 0.3) is 0 Å². The molecule has 27 heavy (non-hydrogen) atoms. The van der Waals surface area contributed by atoms with Gasteiger partial charge in [0.25, 0.3) is 0 Å². The largest absolute Gasteiger partial charge is 0.312 e. The monoisotopic (exact) mass is 388 g/mol. The molecule has 1 aliphatic carbocycles. The maximum absolute atomic E-state index is 14.1. The number of carbonyl (C=O) groups is 1. The van der Waals surface area contributed by atoms with Crippen LogP contribution in [0.1, 0.15) is 30.9 Å². The maximum Gasteiger partial charge on any atom is 0.243 e. The van der Waals surface area contributed by atoms with Gasteiger partial charge in [0.05, 0.1) is 4.90 Å². The van der Waals surface area contributed by atoms with Gasteiger partial charge >= 0.3 is 0 Å². The summed E-state index contributed by atoms with van der Waals surface area (Å²) in [5.74, 6) is -0.451. The Hall–Kier alpha value is -2.25. The molecule has 1 amide bonds. The minimum absolute atomic E-state index is 0.0241. The summed E-state index contributed by atoms with van der Waals surface area (Å²) < 4.78 is 42.0. The van der Waals surface area contributed by atoms with Crippen molar-refractivity contribution in [2.24, 2.45) is 0 Å². The molecule has 0 unspecified atom stereocenters. The first-order chi connectivity index (χ1) is 12.9. The Morgan fingerprint density at radius 2 is 1.96 bits per heavy atom. The van der Waals surface area contributed by atoms with Crippen molar-refractivity contribution in [3.05, 3.63) is 59.4 Å². The van der Waals surface area contributed by atoms with E-state index in [0.29, 0.717) is 18.5 Å². The Morgan fingerprint density at radius 3 is 2.63 bits per heavy atom. The molecule has 0 spiro atoms. The molecule has 0 saturated heterocycles. The summed E-state index contributed by atoms with van der Waals surface area (Å²) in [4.78, 5) is 13.6. The third-order valence-corrected chi connectivity index (χ3v) is 7.07. The summed E-state index contributed by atoms with van der Waals surface area (Å²) in [6.45, 7) is 2.09. The molecule has 2 aliphatic rings. The predicted molar refractivity (Wildman–Crippen MR) is 100 cm³/mol. The van der Waals surface area contributed by atoms with Crippen LogP contribution in [0.3, 0.4) is 0 Å². The van der Waals surface area contributed by atoms with Gasteiger partial charge in [0.15, 0.2) is 0 Å². The summed E-state index contributed by atoms with van der Waals surface area (Å²) in [6, 6.07) is 11.1. The standard InChI is InChI=1S/C20H21FN2O3S/c1-14(24)22-11-10-15-12-18(8-9-20(15)22)27(25,26)23(17-6-7-17)13-16-4-2-3-5-19(16)21/h2-5,8-9,12,17H,6-7,10-11,13H2,1H3. The molecule has 0 bridgehead atoms. The minimum atomic E-state index is -3.75. The molecule has 1 saturated carbocycles. The van der Waals surface area contributed by atoms with E-state index in [0.717, 1.165) is 24.1 Å². The molecular weight excluding hydrogens is 367 g/mol. The van der Waals surface area contributed by atoms with Gasteiger partial charge in [0.2, 0.25) is 15.9 Å². The first-order valence-corrected chi connectivity index (χ1v) is 10.5. The molecule has 1 fully saturated rings. The molecule has 4 rings (SSSR count). The number of sulfonamides is 1. The van der Waals surface area contributed by atoms with Crippen molar-refractivity contribution in [3.63, 3.8) is 0 Å². The van der Waals surface area contributed by atoms with E-state index < -0.39 is 15.8 Å². The fourth-order valence-corrected chi connectivity index (χ4v) is 5.28. The zero-order valence-corrected chi connectivity index (χ0v) is 15.9. The zero-order valence-electron chi connectivity index (χ0n) is 15.1. The number of nitrogens with zero attached hydrogens (tertiary/aromatic N) is 2. The molecule has 7 heteroatoms. The van der Waals surface area contributed by atoms with E-state index in [1.807, 2.05) is 0 Å². The lowest BCUT2D eigenvalue weighted by Crippen LogP contribution is -2.33. The third-order valence-electron chi connectivity index (χ3n) is 5.17. The number of halogens is 1. The first kappa shape index (κ1) is 18.1. The van der Waals surface area contributed by atoms with Crippen LogP contribution in [0.15, 0.2) is 47.4 Å². The number of rotatable bonds is 5. The molecular formula is C20H21FN2O3S. The summed E-state index contributed by atoms with van der Waals surface area (Å²) in [5.41, 5.74) is 2.00. The van der Waals surface area contributed by atoms with Crippen molar-refractivity contribution >= 4 is 21.6 Å². The van der Waals surface area contributed by atoms with Crippen molar-refractivity contribution in [1.29, 1.82) is 0 Å². The van der Waals surface area contributed by atoms with Gasteiger partial charge in [-0.05, 0) is 49.1 Å². The highest BCUT2D eigenvalue weighted by molar-refractivity contribution is 7.89. The number of hydrogen-bond acceptors (Lipinski definition) is 3. The minimum Gasteiger partial charge on any atom is -0.312 e. The molecule has 1 aliphatic heterocycles. The van der Waals surface area contributed by atoms with Gasteiger partial charge in [-0.15, -0.1) is 0 Å². The number of hydrogen-bond donors (Lipinski definition) is 0. The second kappa shape index (κ2) is 6.73. The van der Waals surface area contributed by atoms with Crippen LogP contribution < -0.4 is 4.90 Å². The van der Waals surface area contributed by atoms with Crippen LogP contribution in [-0.2, 0) is 27.8 Å². The van der Waals surface area contributed by atoms with Crippen molar-refractivity contribution in [2.75, 3.05) is 11.4 Å². The Labute approximate surface area is 158 Å². The first-order valence-electron chi connectivity index (χ1n) is 9.04. The Morgan fingerprint density at radius 1 is 1.22 bits per heavy atom. The predicted octanol–water partition coefficient (Wildman–Crippen LogP) is 3.09. The average molecular weight is 388 g/mol. The van der Waals surface area contributed by atoms with Gasteiger partial charge in [-0.1, -0.05) is 18.2 Å². The average Bonchev–Trinajstić information content (AvgIpc) is 3.37. The van der Waals surface area contributed by atoms with Crippen LogP contribution in [0.5, 0.6) is 0 Å². The second-order valence-corrected chi connectivity index (χ2v) is 8.97. The van der Waals surface area contributed by atoms with Crippen molar-refractivity contribution in [1.82, 2.24) is 4.31 Å². The highest BCUT2D eigenvalue weighted by atomic mass is 32.2. The van der Waals surface area contributed by atoms with Gasteiger partial charge in [-0.2, -0.15) is 4.31 Å². The van der Waals surface area contributed by atoms with Gasteiger partial charge in [-0.25, -0.2) is 12.8 Å².